The van der Waals surface area contributed by atoms with Crippen LogP contribution in [-0.4, -0.2) is 12.6 Å². The zero-order valence-electron chi connectivity index (χ0n) is 11.0. The molecule has 17 heavy (non-hydrogen) atoms. The molecule has 1 aromatic carbocycles. The van der Waals surface area contributed by atoms with Crippen molar-refractivity contribution in [1.82, 2.24) is 5.32 Å². The SMILES string of the molecule is CCCCC(Cc1cccc(Cl)c1)NCCC. The van der Waals surface area contributed by atoms with E-state index in [-0.39, 0.29) is 0 Å². The van der Waals surface area contributed by atoms with Gasteiger partial charge in [0.2, 0.25) is 0 Å². The summed E-state index contributed by atoms with van der Waals surface area (Å²) >= 11 is 6.02. The van der Waals surface area contributed by atoms with Crippen LogP contribution in [0.15, 0.2) is 24.3 Å². The second kappa shape index (κ2) is 8.54. The fraction of sp³-hybridized carbons (Fsp3) is 0.600. The van der Waals surface area contributed by atoms with E-state index in [1.54, 1.807) is 0 Å². The molecule has 1 N–H and O–H groups in total. The van der Waals surface area contributed by atoms with Crippen LogP contribution < -0.4 is 5.32 Å². The topological polar surface area (TPSA) is 12.0 Å². The Labute approximate surface area is 111 Å². The number of benzene rings is 1. The molecule has 0 bridgehead atoms. The summed E-state index contributed by atoms with van der Waals surface area (Å²) < 4.78 is 0. The van der Waals surface area contributed by atoms with Crippen molar-refractivity contribution in [3.8, 4) is 0 Å². The number of unbranched alkanes of at least 4 members (excludes halogenated alkanes) is 1. The highest BCUT2D eigenvalue weighted by Gasteiger charge is 2.08. The van der Waals surface area contributed by atoms with Crippen molar-refractivity contribution in [2.24, 2.45) is 0 Å². The Kier molecular flexibility index (Phi) is 7.30. The summed E-state index contributed by atoms with van der Waals surface area (Å²) in [5, 5.41) is 4.47. The first-order valence-corrected chi connectivity index (χ1v) is 7.11. The van der Waals surface area contributed by atoms with Gasteiger partial charge in [0.1, 0.15) is 0 Å². The van der Waals surface area contributed by atoms with E-state index < -0.39 is 0 Å². The summed E-state index contributed by atoms with van der Waals surface area (Å²) in [5.74, 6) is 0. The van der Waals surface area contributed by atoms with Gasteiger partial charge < -0.3 is 5.32 Å². The number of nitrogens with one attached hydrogen (secondary N) is 1. The van der Waals surface area contributed by atoms with Gasteiger partial charge in [-0.15, -0.1) is 0 Å². The molecule has 1 atom stereocenters. The summed E-state index contributed by atoms with van der Waals surface area (Å²) in [4.78, 5) is 0. The van der Waals surface area contributed by atoms with E-state index in [0.29, 0.717) is 6.04 Å². The summed E-state index contributed by atoms with van der Waals surface area (Å²) in [5.41, 5.74) is 1.34. The van der Waals surface area contributed by atoms with Gasteiger partial charge in [0.15, 0.2) is 0 Å². The van der Waals surface area contributed by atoms with Gasteiger partial charge in [-0.05, 0) is 43.5 Å². The van der Waals surface area contributed by atoms with Gasteiger partial charge >= 0.3 is 0 Å². The second-order valence-corrected chi connectivity index (χ2v) is 5.06. The summed E-state index contributed by atoms with van der Waals surface area (Å²) in [7, 11) is 0. The van der Waals surface area contributed by atoms with Crippen LogP contribution in [0.5, 0.6) is 0 Å². The maximum Gasteiger partial charge on any atom is 0.0408 e. The third-order valence-corrected chi connectivity index (χ3v) is 3.20. The first-order valence-electron chi connectivity index (χ1n) is 6.74. The van der Waals surface area contributed by atoms with E-state index in [4.69, 9.17) is 11.6 Å². The van der Waals surface area contributed by atoms with Crippen LogP contribution >= 0.6 is 11.6 Å². The molecule has 0 aliphatic rings. The highest BCUT2D eigenvalue weighted by Crippen LogP contribution is 2.14. The lowest BCUT2D eigenvalue weighted by atomic mass is 10.0. The molecule has 0 fully saturated rings. The van der Waals surface area contributed by atoms with E-state index in [1.165, 1.54) is 31.2 Å². The molecule has 0 saturated heterocycles. The van der Waals surface area contributed by atoms with Gasteiger partial charge in [-0.2, -0.15) is 0 Å². The zero-order valence-corrected chi connectivity index (χ0v) is 11.8. The minimum atomic E-state index is 0.591. The summed E-state index contributed by atoms with van der Waals surface area (Å²) in [6.07, 6.45) is 6.09. The molecule has 0 amide bonds. The highest BCUT2D eigenvalue weighted by atomic mass is 35.5. The normalized spacial score (nSPS) is 12.6. The molecule has 1 unspecified atom stereocenters. The van der Waals surface area contributed by atoms with Crippen molar-refractivity contribution in [2.75, 3.05) is 6.54 Å². The number of halogens is 1. The molecule has 1 rings (SSSR count). The van der Waals surface area contributed by atoms with Crippen molar-refractivity contribution in [3.63, 3.8) is 0 Å². The lowest BCUT2D eigenvalue weighted by molar-refractivity contribution is 0.462. The standard InChI is InChI=1S/C15H24ClN/c1-3-5-9-15(17-10-4-2)12-13-7-6-8-14(16)11-13/h6-8,11,15,17H,3-5,9-10,12H2,1-2H3. The molecule has 0 aromatic heterocycles. The van der Waals surface area contributed by atoms with Gasteiger partial charge in [0.25, 0.3) is 0 Å². The molecule has 0 saturated carbocycles. The van der Waals surface area contributed by atoms with Gasteiger partial charge in [0.05, 0.1) is 0 Å². The Bertz CT molecular complexity index is 304. The van der Waals surface area contributed by atoms with Gasteiger partial charge in [-0.1, -0.05) is 50.4 Å². The predicted molar refractivity (Wildman–Crippen MR) is 76.8 cm³/mol. The first kappa shape index (κ1) is 14.5. The fourth-order valence-electron chi connectivity index (χ4n) is 2.02. The molecule has 0 spiro atoms. The smallest absolute Gasteiger partial charge is 0.0408 e. The van der Waals surface area contributed by atoms with Crippen molar-refractivity contribution in [1.29, 1.82) is 0 Å². The van der Waals surface area contributed by atoms with E-state index in [0.717, 1.165) is 18.0 Å². The average Bonchev–Trinajstić information content (AvgIpc) is 2.32. The lowest BCUT2D eigenvalue weighted by Crippen LogP contribution is -2.31. The van der Waals surface area contributed by atoms with Crippen LogP contribution in [0.1, 0.15) is 45.1 Å². The first-order chi connectivity index (χ1) is 8.26. The maximum absolute atomic E-state index is 6.02. The van der Waals surface area contributed by atoms with E-state index in [9.17, 15) is 0 Å². The predicted octanol–water partition coefficient (Wildman–Crippen LogP) is 4.44. The average molecular weight is 254 g/mol. The molecule has 0 aliphatic carbocycles. The molecule has 0 radical (unpaired) electrons. The largest absolute Gasteiger partial charge is 0.314 e. The van der Waals surface area contributed by atoms with Crippen LogP contribution in [0.2, 0.25) is 5.02 Å². The minimum Gasteiger partial charge on any atom is -0.314 e. The van der Waals surface area contributed by atoms with Crippen LogP contribution in [-0.2, 0) is 6.42 Å². The van der Waals surface area contributed by atoms with Crippen molar-refractivity contribution in [2.45, 2.75) is 52.0 Å². The molecule has 2 heteroatoms. The quantitative estimate of drug-likeness (QED) is 0.722. The van der Waals surface area contributed by atoms with Gasteiger partial charge in [-0.3, -0.25) is 0 Å². The fourth-order valence-corrected chi connectivity index (χ4v) is 2.24. The molecule has 0 heterocycles. The third-order valence-electron chi connectivity index (χ3n) is 2.96. The Balaban J connectivity index is 2.51. The Morgan fingerprint density at radius 2 is 2.06 bits per heavy atom. The minimum absolute atomic E-state index is 0.591. The Hall–Kier alpha value is -0.530. The molecular formula is C15H24ClN. The van der Waals surface area contributed by atoms with E-state index in [2.05, 4.69) is 31.3 Å². The van der Waals surface area contributed by atoms with Crippen molar-refractivity contribution in [3.05, 3.63) is 34.9 Å². The van der Waals surface area contributed by atoms with Gasteiger partial charge in [0, 0.05) is 11.1 Å². The molecule has 1 aromatic rings. The molecular weight excluding hydrogens is 230 g/mol. The Morgan fingerprint density at radius 3 is 2.71 bits per heavy atom. The van der Waals surface area contributed by atoms with Crippen molar-refractivity contribution < 1.29 is 0 Å². The highest BCUT2D eigenvalue weighted by molar-refractivity contribution is 6.30. The van der Waals surface area contributed by atoms with Crippen LogP contribution in [0.3, 0.4) is 0 Å². The van der Waals surface area contributed by atoms with Crippen molar-refractivity contribution >= 4 is 11.6 Å². The molecule has 1 nitrogen and oxygen atoms in total. The second-order valence-electron chi connectivity index (χ2n) is 4.63. The van der Waals surface area contributed by atoms with Crippen LogP contribution in [0.4, 0.5) is 0 Å². The summed E-state index contributed by atoms with van der Waals surface area (Å²) in [6, 6.07) is 8.81. The van der Waals surface area contributed by atoms with E-state index >= 15 is 0 Å². The Morgan fingerprint density at radius 1 is 1.24 bits per heavy atom. The van der Waals surface area contributed by atoms with Crippen LogP contribution in [0.25, 0.3) is 0 Å². The monoisotopic (exact) mass is 253 g/mol. The third kappa shape index (κ3) is 6.09. The number of hydrogen-bond donors (Lipinski definition) is 1. The van der Waals surface area contributed by atoms with Crippen LogP contribution in [0, 0.1) is 0 Å². The number of hydrogen-bond acceptors (Lipinski definition) is 1. The molecule has 0 aliphatic heterocycles. The van der Waals surface area contributed by atoms with Gasteiger partial charge in [-0.25, -0.2) is 0 Å². The lowest BCUT2D eigenvalue weighted by Gasteiger charge is -2.18. The molecule has 96 valence electrons. The maximum atomic E-state index is 6.02. The summed E-state index contributed by atoms with van der Waals surface area (Å²) in [6.45, 7) is 5.56. The number of rotatable bonds is 8. The van der Waals surface area contributed by atoms with E-state index in [1.807, 2.05) is 12.1 Å². The zero-order chi connectivity index (χ0) is 12.5.